The van der Waals surface area contributed by atoms with Crippen molar-refractivity contribution < 1.29 is 49.1 Å². The Hall–Kier alpha value is -1.51. The van der Waals surface area contributed by atoms with Crippen LogP contribution in [0.3, 0.4) is 0 Å². The van der Waals surface area contributed by atoms with E-state index in [9.17, 15) is 30.3 Å². The summed E-state index contributed by atoms with van der Waals surface area (Å²) in [6, 6.07) is 3.18. The number of carbonyl (C=O) groups excluding carboxylic acids is 1. The van der Waals surface area contributed by atoms with E-state index >= 15 is 0 Å². The third-order valence-electron chi connectivity index (χ3n) is 11.9. The number of esters is 1. The zero-order valence-electron chi connectivity index (χ0n) is 22.2. The van der Waals surface area contributed by atoms with Crippen molar-refractivity contribution in [2.45, 2.75) is 112 Å². The minimum absolute atomic E-state index is 0.120. The average Bonchev–Trinajstić information content (AvgIpc) is 3.47. The second-order valence-corrected chi connectivity index (χ2v) is 13.0. The fraction of sp³-hybridized carbons (Fsp3) is 0.808. The van der Waals surface area contributed by atoms with E-state index in [1.165, 1.54) is 13.0 Å². The SMILES string of the molecule is CCB1O[C@]23CC[C@@H](O)[C@@H](O)[C@@]24O[C@]2(O)C[C@]3(C)[C@]3(O1)[C@H](OC(=O)c1ccc[nH]1)[C@](O)(C(C)C)[C@]2(C)[C@@]34O. The molecule has 1 aromatic rings. The summed E-state index contributed by atoms with van der Waals surface area (Å²) in [7, 11) is -0.905. The molecule has 4 heterocycles. The van der Waals surface area contributed by atoms with E-state index in [1.54, 1.807) is 33.0 Å². The van der Waals surface area contributed by atoms with Gasteiger partial charge in [0.15, 0.2) is 17.5 Å². The molecule has 0 unspecified atom stereocenters. The highest BCUT2D eigenvalue weighted by atomic mass is 16.7. The van der Waals surface area contributed by atoms with Gasteiger partial charge in [-0.2, -0.15) is 0 Å². The number of nitrogens with one attached hydrogen (secondary N) is 1. The number of aromatic amines is 1. The predicted octanol–water partition coefficient (Wildman–Crippen LogP) is 0.107. The molecule has 0 aromatic carbocycles. The number of ether oxygens (including phenoxy) is 2. The van der Waals surface area contributed by atoms with Crippen LogP contribution in [0, 0.1) is 16.7 Å². The van der Waals surface area contributed by atoms with Gasteiger partial charge in [-0.05, 0) is 44.1 Å². The van der Waals surface area contributed by atoms with E-state index in [-0.39, 0.29) is 25.0 Å². The average molecular weight is 533 g/mol. The van der Waals surface area contributed by atoms with Gasteiger partial charge >= 0.3 is 13.1 Å². The van der Waals surface area contributed by atoms with Crippen molar-refractivity contribution in [1.82, 2.24) is 4.98 Å². The first-order valence-electron chi connectivity index (χ1n) is 13.6. The third kappa shape index (κ3) is 1.88. The van der Waals surface area contributed by atoms with Gasteiger partial charge < -0.3 is 49.3 Å². The van der Waals surface area contributed by atoms with E-state index < -0.39 is 81.9 Å². The van der Waals surface area contributed by atoms with Crippen molar-refractivity contribution in [3.05, 3.63) is 24.0 Å². The van der Waals surface area contributed by atoms with Gasteiger partial charge in [-0.25, -0.2) is 4.79 Å². The molecule has 208 valence electrons. The molecule has 4 saturated carbocycles. The van der Waals surface area contributed by atoms with Crippen molar-refractivity contribution in [3.8, 4) is 0 Å². The van der Waals surface area contributed by atoms with Crippen LogP contribution in [0.5, 0.6) is 0 Å². The molecule has 11 atom stereocenters. The molecule has 6 N–H and O–H groups in total. The third-order valence-corrected chi connectivity index (χ3v) is 11.9. The molecule has 0 radical (unpaired) electrons. The molecule has 3 aliphatic heterocycles. The number of hydrogen-bond donors (Lipinski definition) is 6. The Balaban J connectivity index is 1.60. The molecular formula is C26H36BNO10. The Kier molecular flexibility index (Phi) is 4.48. The number of H-pyrrole nitrogens is 1. The van der Waals surface area contributed by atoms with Gasteiger partial charge in [0.2, 0.25) is 0 Å². The standard InChI is InChI=1S/C26H36BNO10/c1-6-27-37-21-10-9-15(29)16(30)24(21)26(34)20(5)22(32,36-24)12-19(21,4)25(26,38-27)18(23(20,33)13(2)3)35-17(31)14-8-7-11-28-14/h7-8,11,13,15-16,18,28-30,32-34H,6,9-10,12H2,1-5H3/t15-,16-,18-,19+,20-,21+,22-,23-,24-,25-,26+/m1/s1. The van der Waals surface area contributed by atoms with E-state index in [4.69, 9.17) is 18.8 Å². The maximum absolute atomic E-state index is 13.5. The minimum atomic E-state index is -2.35. The fourth-order valence-electron chi connectivity index (χ4n) is 10.5. The van der Waals surface area contributed by atoms with Crippen molar-refractivity contribution in [3.63, 3.8) is 0 Å². The minimum Gasteiger partial charge on any atom is -0.451 e. The first kappa shape index (κ1) is 25.5. The molecule has 3 saturated heterocycles. The highest BCUT2D eigenvalue weighted by Gasteiger charge is 3.12. The van der Waals surface area contributed by atoms with Crippen molar-refractivity contribution >= 4 is 13.1 Å². The van der Waals surface area contributed by atoms with Gasteiger partial charge in [0.05, 0.1) is 17.1 Å². The summed E-state index contributed by atoms with van der Waals surface area (Å²) in [6.07, 6.45) is -2.34. The first-order chi connectivity index (χ1) is 17.7. The molecule has 11 nitrogen and oxygen atoms in total. The topological polar surface area (TPSA) is 171 Å². The number of aliphatic hydroxyl groups is 5. The maximum Gasteiger partial charge on any atom is 0.457 e. The maximum atomic E-state index is 13.5. The summed E-state index contributed by atoms with van der Waals surface area (Å²) in [5.74, 6) is -3.63. The molecule has 8 rings (SSSR count). The second kappa shape index (κ2) is 6.68. The zero-order valence-corrected chi connectivity index (χ0v) is 22.2. The van der Waals surface area contributed by atoms with Gasteiger partial charge in [-0.1, -0.05) is 27.7 Å². The van der Waals surface area contributed by atoms with E-state index in [0.717, 1.165) is 0 Å². The van der Waals surface area contributed by atoms with E-state index in [2.05, 4.69) is 4.98 Å². The quantitative estimate of drug-likeness (QED) is 0.231. The summed E-state index contributed by atoms with van der Waals surface area (Å²) >= 11 is 0. The van der Waals surface area contributed by atoms with Crippen LogP contribution in [0.25, 0.3) is 0 Å². The van der Waals surface area contributed by atoms with Crippen molar-refractivity contribution in [1.29, 1.82) is 0 Å². The Labute approximate surface area is 220 Å². The molecule has 7 fully saturated rings. The van der Waals surface area contributed by atoms with E-state index in [0.29, 0.717) is 6.32 Å². The number of rotatable bonds is 4. The van der Waals surface area contributed by atoms with Crippen molar-refractivity contribution in [2.75, 3.05) is 0 Å². The number of hydrogen-bond acceptors (Lipinski definition) is 10. The summed E-state index contributed by atoms with van der Waals surface area (Å²) < 4.78 is 26.0. The predicted molar refractivity (Wildman–Crippen MR) is 129 cm³/mol. The number of carbonyl (C=O) groups is 1. The fourth-order valence-corrected chi connectivity index (χ4v) is 10.5. The normalized spacial score (nSPS) is 57.6. The Morgan fingerprint density at radius 2 is 1.92 bits per heavy atom. The van der Waals surface area contributed by atoms with Gasteiger partial charge in [0, 0.05) is 18.0 Å². The van der Waals surface area contributed by atoms with Gasteiger partial charge in [0.1, 0.15) is 28.6 Å². The molecule has 1 aromatic heterocycles. The summed E-state index contributed by atoms with van der Waals surface area (Å²) in [4.78, 5) is 16.3. The molecule has 0 amide bonds. The highest BCUT2D eigenvalue weighted by Crippen LogP contribution is 2.92. The van der Waals surface area contributed by atoms with Gasteiger partial charge in [0.25, 0.3) is 0 Å². The first-order valence-corrected chi connectivity index (χ1v) is 13.6. The molecule has 3 spiro atoms. The van der Waals surface area contributed by atoms with Crippen LogP contribution in [0.15, 0.2) is 18.3 Å². The summed E-state index contributed by atoms with van der Waals surface area (Å²) in [5.41, 5.74) is -12.9. The lowest BCUT2D eigenvalue weighted by Crippen LogP contribution is -2.79. The van der Waals surface area contributed by atoms with Crippen molar-refractivity contribution in [2.24, 2.45) is 16.7 Å². The van der Waals surface area contributed by atoms with E-state index in [1.807, 2.05) is 6.92 Å². The van der Waals surface area contributed by atoms with Crippen LogP contribution in [0.4, 0.5) is 0 Å². The van der Waals surface area contributed by atoms with Crippen LogP contribution < -0.4 is 0 Å². The van der Waals surface area contributed by atoms with Crippen LogP contribution >= 0.6 is 0 Å². The van der Waals surface area contributed by atoms with Crippen LogP contribution in [0.1, 0.15) is 64.4 Å². The monoisotopic (exact) mass is 533 g/mol. The van der Waals surface area contributed by atoms with Gasteiger partial charge in [-0.15, -0.1) is 0 Å². The highest BCUT2D eigenvalue weighted by molar-refractivity contribution is 6.45. The summed E-state index contributed by atoms with van der Waals surface area (Å²) in [6.45, 7) is 8.56. The second-order valence-electron chi connectivity index (χ2n) is 13.0. The lowest BCUT2D eigenvalue weighted by molar-refractivity contribution is -0.395. The molecule has 7 aliphatic rings. The van der Waals surface area contributed by atoms with Gasteiger partial charge in [-0.3, -0.25) is 0 Å². The smallest absolute Gasteiger partial charge is 0.451 e. The molecule has 38 heavy (non-hydrogen) atoms. The molecule has 7 bridgehead atoms. The van der Waals surface area contributed by atoms with Crippen LogP contribution in [-0.4, -0.2) is 95.7 Å². The summed E-state index contributed by atoms with van der Waals surface area (Å²) in [5, 5.41) is 61.2. The molecular weight excluding hydrogens is 497 g/mol. The molecule has 12 heteroatoms. The molecule has 4 aliphatic carbocycles. The Bertz CT molecular complexity index is 1230. The lowest BCUT2D eigenvalue weighted by atomic mass is 9.51. The Morgan fingerprint density at radius 3 is 2.53 bits per heavy atom. The van der Waals surface area contributed by atoms with Crippen LogP contribution in [0.2, 0.25) is 6.32 Å². The number of aromatic nitrogens is 1. The Morgan fingerprint density at radius 1 is 1.21 bits per heavy atom. The zero-order chi connectivity index (χ0) is 27.5. The lowest BCUT2D eigenvalue weighted by Gasteiger charge is -2.66. The number of aliphatic hydroxyl groups excluding tert-OH is 2. The van der Waals surface area contributed by atoms with Crippen LogP contribution in [-0.2, 0) is 18.8 Å². The largest absolute Gasteiger partial charge is 0.457 e.